The van der Waals surface area contributed by atoms with Gasteiger partial charge in [0.25, 0.3) is 0 Å². The highest BCUT2D eigenvalue weighted by Crippen LogP contribution is 2.24. The maximum Gasteiger partial charge on any atom is 0.240 e. The maximum absolute atomic E-state index is 12.6. The Kier molecular flexibility index (Phi) is 6.74. The summed E-state index contributed by atoms with van der Waals surface area (Å²) in [5.41, 5.74) is 3.24. The first-order valence-electron chi connectivity index (χ1n) is 10.9. The first-order valence-corrected chi connectivity index (χ1v) is 12.4. The summed E-state index contributed by atoms with van der Waals surface area (Å²) in [5, 5.41) is 3.90. The van der Waals surface area contributed by atoms with Crippen molar-refractivity contribution in [1.82, 2.24) is 19.7 Å². The van der Waals surface area contributed by atoms with Gasteiger partial charge in [-0.25, -0.2) is 13.1 Å². The summed E-state index contributed by atoms with van der Waals surface area (Å²) in [6.45, 7) is 5.45. The van der Waals surface area contributed by atoms with Crippen molar-refractivity contribution in [2.75, 3.05) is 32.7 Å². The Labute approximate surface area is 183 Å². The van der Waals surface area contributed by atoms with Crippen LogP contribution in [0.2, 0.25) is 0 Å². The number of piperazine rings is 1. The van der Waals surface area contributed by atoms with Crippen molar-refractivity contribution in [2.45, 2.75) is 50.5 Å². The molecule has 2 heterocycles. The number of nitrogens with one attached hydrogen (secondary N) is 1. The van der Waals surface area contributed by atoms with Crippen molar-refractivity contribution in [2.24, 2.45) is 0 Å². The molecule has 8 nitrogen and oxygen atoms in total. The molecule has 1 aliphatic carbocycles. The second kappa shape index (κ2) is 9.50. The second-order valence-electron chi connectivity index (χ2n) is 8.38. The van der Waals surface area contributed by atoms with E-state index in [1.54, 1.807) is 17.0 Å². The minimum absolute atomic E-state index is 0.0247. The van der Waals surface area contributed by atoms with Gasteiger partial charge in [0.2, 0.25) is 15.9 Å². The van der Waals surface area contributed by atoms with E-state index in [2.05, 4.69) is 14.8 Å². The number of aryl methyl sites for hydroxylation is 3. The summed E-state index contributed by atoms with van der Waals surface area (Å²) >= 11 is 0. The Morgan fingerprint density at radius 3 is 2.55 bits per heavy atom. The Balaban J connectivity index is 1.23. The molecule has 4 rings (SSSR count). The van der Waals surface area contributed by atoms with Gasteiger partial charge in [0, 0.05) is 45.2 Å². The lowest BCUT2D eigenvalue weighted by atomic mass is 9.92. The van der Waals surface area contributed by atoms with E-state index in [-0.39, 0.29) is 23.8 Å². The van der Waals surface area contributed by atoms with Crippen molar-refractivity contribution in [3.05, 3.63) is 46.8 Å². The molecule has 2 aromatic rings. The molecule has 0 atom stereocenters. The summed E-state index contributed by atoms with van der Waals surface area (Å²) < 4.78 is 33.1. The number of nitrogens with zero attached hydrogens (tertiary/aromatic N) is 3. The van der Waals surface area contributed by atoms with E-state index in [1.165, 1.54) is 5.56 Å². The third kappa shape index (κ3) is 5.53. The van der Waals surface area contributed by atoms with Crippen LogP contribution in [0.15, 0.2) is 33.7 Å². The molecule has 1 fully saturated rings. The van der Waals surface area contributed by atoms with E-state index < -0.39 is 10.0 Å². The minimum Gasteiger partial charge on any atom is -0.360 e. The molecule has 0 spiro atoms. The Morgan fingerprint density at radius 2 is 1.84 bits per heavy atom. The molecule has 1 N–H and O–H groups in total. The lowest BCUT2D eigenvalue weighted by Crippen LogP contribution is -2.48. The van der Waals surface area contributed by atoms with Crippen LogP contribution in [0.3, 0.4) is 0 Å². The van der Waals surface area contributed by atoms with Crippen molar-refractivity contribution in [3.8, 4) is 0 Å². The van der Waals surface area contributed by atoms with Gasteiger partial charge in [0.15, 0.2) is 5.76 Å². The first-order chi connectivity index (χ1) is 14.9. The highest BCUT2D eigenvalue weighted by atomic mass is 32.2. The lowest BCUT2D eigenvalue weighted by Gasteiger charge is -2.34. The molecule has 168 valence electrons. The molecular weight excluding hydrogens is 416 g/mol. The van der Waals surface area contributed by atoms with Crippen molar-refractivity contribution < 1.29 is 17.7 Å². The van der Waals surface area contributed by atoms with E-state index in [9.17, 15) is 13.2 Å². The number of aromatic nitrogens is 1. The molecule has 1 aromatic heterocycles. The van der Waals surface area contributed by atoms with Crippen LogP contribution in [0.4, 0.5) is 0 Å². The average Bonchev–Trinajstić information content (AvgIpc) is 3.18. The van der Waals surface area contributed by atoms with Crippen LogP contribution in [0.5, 0.6) is 0 Å². The molecule has 0 bridgehead atoms. The fourth-order valence-corrected chi connectivity index (χ4v) is 5.36. The van der Waals surface area contributed by atoms with E-state index in [4.69, 9.17) is 4.52 Å². The van der Waals surface area contributed by atoms with E-state index >= 15 is 0 Å². The van der Waals surface area contributed by atoms with Crippen LogP contribution in [-0.2, 0) is 34.2 Å². The molecule has 1 amide bonds. The number of benzene rings is 1. The SMILES string of the molecule is Cc1cc(CN2CCN(C(=O)CCNS(=O)(=O)c3ccc4c(c3)CCCC4)CC2)on1. The maximum atomic E-state index is 12.6. The van der Waals surface area contributed by atoms with Crippen LogP contribution >= 0.6 is 0 Å². The number of amides is 1. The van der Waals surface area contributed by atoms with Gasteiger partial charge in [-0.05, 0) is 55.9 Å². The number of hydrogen-bond donors (Lipinski definition) is 1. The summed E-state index contributed by atoms with van der Waals surface area (Å²) in [6, 6.07) is 7.30. The lowest BCUT2D eigenvalue weighted by molar-refractivity contribution is -0.132. The molecule has 31 heavy (non-hydrogen) atoms. The largest absolute Gasteiger partial charge is 0.360 e. The molecule has 2 aliphatic rings. The normalized spacial score (nSPS) is 17.5. The van der Waals surface area contributed by atoms with Crippen LogP contribution in [0, 0.1) is 6.92 Å². The summed E-state index contributed by atoms with van der Waals surface area (Å²) in [5.74, 6) is 0.803. The summed E-state index contributed by atoms with van der Waals surface area (Å²) in [6.07, 6.45) is 4.37. The van der Waals surface area contributed by atoms with Crippen molar-refractivity contribution in [1.29, 1.82) is 0 Å². The number of fused-ring (bicyclic) bond motifs is 1. The van der Waals surface area contributed by atoms with E-state index in [0.29, 0.717) is 19.6 Å². The van der Waals surface area contributed by atoms with Gasteiger partial charge in [0.05, 0.1) is 17.1 Å². The quantitative estimate of drug-likeness (QED) is 0.698. The number of sulfonamides is 1. The molecule has 0 saturated carbocycles. The monoisotopic (exact) mass is 446 g/mol. The number of rotatable bonds is 7. The number of hydrogen-bond acceptors (Lipinski definition) is 6. The van der Waals surface area contributed by atoms with Gasteiger partial charge in [-0.15, -0.1) is 0 Å². The number of carbonyl (C=O) groups excluding carboxylic acids is 1. The van der Waals surface area contributed by atoms with Gasteiger partial charge < -0.3 is 9.42 Å². The zero-order valence-electron chi connectivity index (χ0n) is 18.0. The Morgan fingerprint density at radius 1 is 1.10 bits per heavy atom. The first kappa shape index (κ1) is 22.0. The average molecular weight is 447 g/mol. The zero-order valence-corrected chi connectivity index (χ0v) is 18.8. The Hall–Kier alpha value is -2.23. The van der Waals surface area contributed by atoms with Crippen LogP contribution in [-0.4, -0.2) is 62.0 Å². The van der Waals surface area contributed by atoms with Crippen LogP contribution in [0.1, 0.15) is 41.8 Å². The predicted octanol–water partition coefficient (Wildman–Crippen LogP) is 1.87. The molecule has 1 aliphatic heterocycles. The highest BCUT2D eigenvalue weighted by Gasteiger charge is 2.23. The summed E-state index contributed by atoms with van der Waals surface area (Å²) in [4.78, 5) is 16.8. The highest BCUT2D eigenvalue weighted by molar-refractivity contribution is 7.89. The minimum atomic E-state index is -3.61. The molecule has 0 unspecified atom stereocenters. The fourth-order valence-electron chi connectivity index (χ4n) is 4.28. The van der Waals surface area contributed by atoms with Gasteiger partial charge >= 0.3 is 0 Å². The molecular formula is C22H30N4O4S. The fraction of sp³-hybridized carbons (Fsp3) is 0.545. The third-order valence-electron chi connectivity index (χ3n) is 6.04. The smallest absolute Gasteiger partial charge is 0.240 e. The van der Waals surface area contributed by atoms with Gasteiger partial charge in [-0.2, -0.15) is 0 Å². The summed E-state index contributed by atoms with van der Waals surface area (Å²) in [7, 11) is -3.61. The topological polar surface area (TPSA) is 95.8 Å². The molecule has 0 radical (unpaired) electrons. The molecule has 1 aromatic carbocycles. The molecule has 9 heteroatoms. The third-order valence-corrected chi connectivity index (χ3v) is 7.50. The van der Waals surface area contributed by atoms with Gasteiger partial charge in [-0.1, -0.05) is 11.2 Å². The van der Waals surface area contributed by atoms with Crippen molar-refractivity contribution >= 4 is 15.9 Å². The number of carbonyl (C=O) groups is 1. The molecule has 1 saturated heterocycles. The van der Waals surface area contributed by atoms with Crippen molar-refractivity contribution in [3.63, 3.8) is 0 Å². The van der Waals surface area contributed by atoms with E-state index in [1.807, 2.05) is 19.1 Å². The standard InChI is InChI=1S/C22H30N4O4S/c1-17-14-20(30-24-17)16-25-10-12-26(13-11-25)22(27)8-9-23-31(28,29)21-7-6-18-4-2-3-5-19(18)15-21/h6-7,14-15,23H,2-5,8-13,16H2,1H3. The van der Waals surface area contributed by atoms with Gasteiger partial charge in [0.1, 0.15) is 0 Å². The Bertz CT molecular complexity index is 1030. The second-order valence-corrected chi connectivity index (χ2v) is 10.1. The van der Waals surface area contributed by atoms with E-state index in [0.717, 1.165) is 55.8 Å². The van der Waals surface area contributed by atoms with Crippen LogP contribution < -0.4 is 4.72 Å². The predicted molar refractivity (Wildman–Crippen MR) is 116 cm³/mol. The van der Waals surface area contributed by atoms with Crippen LogP contribution in [0.25, 0.3) is 0 Å². The zero-order chi connectivity index (χ0) is 21.8. The van der Waals surface area contributed by atoms with Gasteiger partial charge in [-0.3, -0.25) is 9.69 Å².